The molecule has 4 aromatic carbocycles. The molecule has 0 fully saturated rings. The molecule has 0 bridgehead atoms. The van der Waals surface area contributed by atoms with Crippen LogP contribution in [0.1, 0.15) is 48.9 Å². The molecule has 0 saturated heterocycles. The minimum Gasteiger partial charge on any atom is -0.354 e. The van der Waals surface area contributed by atoms with Gasteiger partial charge in [0, 0.05) is 19.5 Å². The third kappa shape index (κ3) is 8.81. The SMILES string of the molecule is CCCCNC(=O)[C@H](Cc1ccccc1)N(Cc1ccc(F)cc1)C(=O)CN(c1ccccc1CC)S(=O)(=O)c1ccc(C)cc1. The number of rotatable bonds is 15. The number of nitrogens with one attached hydrogen (secondary N) is 1. The van der Waals surface area contributed by atoms with E-state index in [2.05, 4.69) is 5.32 Å². The van der Waals surface area contributed by atoms with E-state index in [0.29, 0.717) is 24.2 Å². The molecule has 9 heteroatoms. The van der Waals surface area contributed by atoms with Crippen LogP contribution in [0.25, 0.3) is 0 Å². The van der Waals surface area contributed by atoms with E-state index in [1.54, 1.807) is 36.4 Å². The van der Waals surface area contributed by atoms with Crippen LogP contribution in [0.5, 0.6) is 0 Å². The molecular formula is C37H42FN3O4S. The second-order valence-electron chi connectivity index (χ2n) is 11.3. The van der Waals surface area contributed by atoms with Gasteiger partial charge < -0.3 is 10.2 Å². The number of hydrogen-bond donors (Lipinski definition) is 1. The molecule has 0 aromatic heterocycles. The first kappa shape index (κ1) is 34.4. The Kier molecular flexibility index (Phi) is 12.1. The van der Waals surface area contributed by atoms with Crippen molar-refractivity contribution in [3.63, 3.8) is 0 Å². The highest BCUT2D eigenvalue weighted by Crippen LogP contribution is 2.29. The van der Waals surface area contributed by atoms with Crippen LogP contribution in [0.3, 0.4) is 0 Å². The number of hydrogen-bond acceptors (Lipinski definition) is 4. The largest absolute Gasteiger partial charge is 0.354 e. The van der Waals surface area contributed by atoms with Gasteiger partial charge in [-0.15, -0.1) is 0 Å². The van der Waals surface area contributed by atoms with Gasteiger partial charge in [0.05, 0.1) is 10.6 Å². The number of para-hydroxylation sites is 1. The van der Waals surface area contributed by atoms with Gasteiger partial charge >= 0.3 is 0 Å². The Hall–Kier alpha value is -4.50. The average molecular weight is 644 g/mol. The summed E-state index contributed by atoms with van der Waals surface area (Å²) in [5.41, 5.74) is 3.51. The van der Waals surface area contributed by atoms with E-state index in [1.807, 2.05) is 63.2 Å². The highest BCUT2D eigenvalue weighted by molar-refractivity contribution is 7.92. The monoisotopic (exact) mass is 643 g/mol. The summed E-state index contributed by atoms with van der Waals surface area (Å²) in [6.07, 6.45) is 2.40. The molecule has 0 heterocycles. The minimum atomic E-state index is -4.20. The fourth-order valence-corrected chi connectivity index (χ4v) is 6.70. The Bertz CT molecular complexity index is 1700. The highest BCUT2D eigenvalue weighted by atomic mass is 32.2. The predicted molar refractivity (Wildman–Crippen MR) is 180 cm³/mol. The third-order valence-electron chi connectivity index (χ3n) is 7.90. The number of sulfonamides is 1. The fraction of sp³-hybridized carbons (Fsp3) is 0.297. The molecule has 46 heavy (non-hydrogen) atoms. The maximum absolute atomic E-state index is 14.6. The first-order valence-corrected chi connectivity index (χ1v) is 17.1. The Morgan fingerprint density at radius 2 is 1.48 bits per heavy atom. The summed E-state index contributed by atoms with van der Waals surface area (Å²) in [6.45, 7) is 5.70. The molecule has 0 saturated carbocycles. The Labute approximate surface area is 272 Å². The lowest BCUT2D eigenvalue weighted by Gasteiger charge is -2.34. The van der Waals surface area contributed by atoms with E-state index in [0.717, 1.165) is 33.8 Å². The van der Waals surface area contributed by atoms with Crippen LogP contribution in [0, 0.1) is 12.7 Å². The van der Waals surface area contributed by atoms with Crippen LogP contribution in [-0.2, 0) is 39.0 Å². The van der Waals surface area contributed by atoms with Crippen molar-refractivity contribution >= 4 is 27.5 Å². The Morgan fingerprint density at radius 3 is 2.13 bits per heavy atom. The first-order valence-electron chi connectivity index (χ1n) is 15.7. The summed E-state index contributed by atoms with van der Waals surface area (Å²) in [5, 5.41) is 2.97. The lowest BCUT2D eigenvalue weighted by molar-refractivity contribution is -0.140. The molecule has 4 aromatic rings. The Morgan fingerprint density at radius 1 is 0.826 bits per heavy atom. The topological polar surface area (TPSA) is 86.8 Å². The third-order valence-corrected chi connectivity index (χ3v) is 9.67. The van der Waals surface area contributed by atoms with Crippen molar-refractivity contribution in [3.8, 4) is 0 Å². The van der Waals surface area contributed by atoms with Gasteiger partial charge in [-0.3, -0.25) is 13.9 Å². The molecule has 0 unspecified atom stereocenters. The maximum atomic E-state index is 14.6. The van der Waals surface area contributed by atoms with E-state index in [4.69, 9.17) is 0 Å². The van der Waals surface area contributed by atoms with Crippen LogP contribution >= 0.6 is 0 Å². The van der Waals surface area contributed by atoms with Gasteiger partial charge in [0.15, 0.2) is 0 Å². The molecule has 1 atom stereocenters. The lowest BCUT2D eigenvalue weighted by atomic mass is 10.0. The number of amides is 2. The second-order valence-corrected chi connectivity index (χ2v) is 13.2. The van der Waals surface area contributed by atoms with E-state index in [-0.39, 0.29) is 23.8 Å². The molecule has 242 valence electrons. The number of unbranched alkanes of at least 4 members (excludes halogenated alkanes) is 1. The zero-order chi connectivity index (χ0) is 33.1. The van der Waals surface area contributed by atoms with Crippen LogP contribution in [0.4, 0.5) is 10.1 Å². The number of anilines is 1. The molecule has 1 N–H and O–H groups in total. The van der Waals surface area contributed by atoms with Gasteiger partial charge in [0.25, 0.3) is 10.0 Å². The number of carbonyl (C=O) groups is 2. The number of benzene rings is 4. The molecule has 7 nitrogen and oxygen atoms in total. The van der Waals surface area contributed by atoms with Gasteiger partial charge in [0.2, 0.25) is 11.8 Å². The van der Waals surface area contributed by atoms with Crippen LogP contribution in [0.2, 0.25) is 0 Å². The number of halogens is 1. The zero-order valence-corrected chi connectivity index (χ0v) is 27.5. The van der Waals surface area contributed by atoms with Crippen molar-refractivity contribution in [1.29, 1.82) is 0 Å². The second kappa shape index (κ2) is 16.2. The molecule has 0 aliphatic rings. The highest BCUT2D eigenvalue weighted by Gasteiger charge is 2.35. The van der Waals surface area contributed by atoms with Crippen LogP contribution in [0.15, 0.2) is 108 Å². The number of nitrogens with zero attached hydrogens (tertiary/aromatic N) is 2. The molecule has 0 spiro atoms. The van der Waals surface area contributed by atoms with Crippen molar-refractivity contribution in [3.05, 3.63) is 131 Å². The fourth-order valence-electron chi connectivity index (χ4n) is 5.25. The van der Waals surface area contributed by atoms with Crippen molar-refractivity contribution < 1.29 is 22.4 Å². The normalized spacial score (nSPS) is 11.9. The summed E-state index contributed by atoms with van der Waals surface area (Å²) < 4.78 is 43.5. The summed E-state index contributed by atoms with van der Waals surface area (Å²) in [6, 6.07) is 27.8. The smallest absolute Gasteiger partial charge is 0.264 e. The Balaban J connectivity index is 1.81. The van der Waals surface area contributed by atoms with E-state index >= 15 is 0 Å². The molecule has 4 rings (SSSR count). The summed E-state index contributed by atoms with van der Waals surface area (Å²) >= 11 is 0. The molecule has 0 aliphatic carbocycles. The van der Waals surface area contributed by atoms with Crippen LogP contribution < -0.4 is 9.62 Å². The molecule has 0 radical (unpaired) electrons. The van der Waals surface area contributed by atoms with E-state index in [1.165, 1.54) is 29.2 Å². The summed E-state index contributed by atoms with van der Waals surface area (Å²) in [7, 11) is -4.20. The lowest BCUT2D eigenvalue weighted by Crippen LogP contribution is -2.53. The van der Waals surface area contributed by atoms with Crippen LogP contribution in [-0.4, -0.2) is 44.3 Å². The van der Waals surface area contributed by atoms with E-state index in [9.17, 15) is 22.4 Å². The maximum Gasteiger partial charge on any atom is 0.264 e. The van der Waals surface area contributed by atoms with E-state index < -0.39 is 34.3 Å². The molecule has 0 aliphatic heterocycles. The standard InChI is InChI=1S/C37H42FN3O4S/c1-4-6-24-39-37(43)35(25-29-12-8-7-9-13-29)40(26-30-18-20-32(38)21-19-30)36(42)27-41(34-15-11-10-14-31(34)5-2)46(44,45)33-22-16-28(3)17-23-33/h7-23,35H,4-6,24-27H2,1-3H3,(H,39,43)/t35-/m0/s1. The quantitative estimate of drug-likeness (QED) is 0.151. The predicted octanol–water partition coefficient (Wildman–Crippen LogP) is 6.45. The molecule has 2 amide bonds. The van der Waals surface area contributed by atoms with Crippen molar-refractivity contribution in [2.45, 2.75) is 63.9 Å². The van der Waals surface area contributed by atoms with Gasteiger partial charge in [-0.2, -0.15) is 0 Å². The van der Waals surface area contributed by atoms with Gasteiger partial charge in [-0.25, -0.2) is 12.8 Å². The zero-order valence-electron chi connectivity index (χ0n) is 26.7. The molecular weight excluding hydrogens is 601 g/mol. The van der Waals surface area contributed by atoms with Gasteiger partial charge in [-0.05, 0) is 66.8 Å². The summed E-state index contributed by atoms with van der Waals surface area (Å²) in [4.78, 5) is 29.9. The minimum absolute atomic E-state index is 0.0222. The number of carbonyl (C=O) groups excluding carboxylic acids is 2. The number of aryl methyl sites for hydroxylation is 2. The first-order chi connectivity index (χ1) is 22.1. The van der Waals surface area contributed by atoms with Crippen molar-refractivity contribution in [2.24, 2.45) is 0 Å². The van der Waals surface area contributed by atoms with Gasteiger partial charge in [-0.1, -0.05) is 98.6 Å². The van der Waals surface area contributed by atoms with Gasteiger partial charge in [0.1, 0.15) is 18.4 Å². The average Bonchev–Trinajstić information content (AvgIpc) is 3.06. The van der Waals surface area contributed by atoms with Crippen molar-refractivity contribution in [1.82, 2.24) is 10.2 Å². The summed E-state index contributed by atoms with van der Waals surface area (Å²) in [5.74, 6) is -1.32. The van der Waals surface area contributed by atoms with Crippen molar-refractivity contribution in [2.75, 3.05) is 17.4 Å².